The lowest BCUT2D eigenvalue weighted by molar-refractivity contribution is -0.384. The molecule has 2 aromatic carbocycles. The summed E-state index contributed by atoms with van der Waals surface area (Å²) in [5.41, 5.74) is 7.18. The first-order chi connectivity index (χ1) is 15.2. The summed E-state index contributed by atoms with van der Waals surface area (Å²) < 4.78 is 5.63. The summed E-state index contributed by atoms with van der Waals surface area (Å²) in [6.07, 6.45) is 2.58. The Morgan fingerprint density at radius 3 is 2.62 bits per heavy atom. The summed E-state index contributed by atoms with van der Waals surface area (Å²) in [6.45, 7) is 5.77. The Morgan fingerprint density at radius 1 is 1.19 bits per heavy atom. The van der Waals surface area contributed by atoms with Crippen LogP contribution in [0.4, 0.5) is 5.69 Å². The Hall–Kier alpha value is -3.79. The minimum Gasteiger partial charge on any atom is -0.483 e. The molecule has 3 N–H and O–H groups in total. The van der Waals surface area contributed by atoms with Crippen LogP contribution in [0, 0.1) is 17.0 Å². The third-order valence-electron chi connectivity index (χ3n) is 4.21. The molecule has 0 aromatic heterocycles. The largest absolute Gasteiger partial charge is 0.483 e. The van der Waals surface area contributed by atoms with Crippen molar-refractivity contribution in [2.24, 2.45) is 0 Å². The molecule has 0 aliphatic heterocycles. The number of carbonyl (C=O) groups is 2. The van der Waals surface area contributed by atoms with Gasteiger partial charge in [0.2, 0.25) is 5.91 Å². The SMILES string of the molecule is Cc1ccc(C(C)C)c(OCC(=O)NNC(=S)NC(=O)/C=C/c2cccc([N+](=O)[O-])c2)c1. The molecule has 0 atom stereocenters. The van der Waals surface area contributed by atoms with E-state index in [0.717, 1.165) is 11.1 Å². The predicted octanol–water partition coefficient (Wildman–Crippen LogP) is 3.14. The van der Waals surface area contributed by atoms with Crippen LogP contribution >= 0.6 is 12.2 Å². The molecule has 2 aromatic rings. The summed E-state index contributed by atoms with van der Waals surface area (Å²) in [5.74, 6) is -0.173. The van der Waals surface area contributed by atoms with E-state index in [2.05, 4.69) is 16.2 Å². The molecule has 2 rings (SSSR count). The molecule has 0 heterocycles. The van der Waals surface area contributed by atoms with Crippen molar-refractivity contribution in [3.8, 4) is 5.75 Å². The van der Waals surface area contributed by atoms with Gasteiger partial charge in [-0.1, -0.05) is 38.1 Å². The van der Waals surface area contributed by atoms with Gasteiger partial charge >= 0.3 is 0 Å². The van der Waals surface area contributed by atoms with Crippen molar-refractivity contribution in [1.29, 1.82) is 0 Å². The Labute approximate surface area is 191 Å². The maximum Gasteiger partial charge on any atom is 0.276 e. The summed E-state index contributed by atoms with van der Waals surface area (Å²) in [5, 5.41) is 13.0. The molecular formula is C22H24N4O5S. The maximum absolute atomic E-state index is 12.0. The smallest absolute Gasteiger partial charge is 0.276 e. The number of hydrogen-bond acceptors (Lipinski definition) is 6. The number of benzene rings is 2. The lowest BCUT2D eigenvalue weighted by Crippen LogP contribution is -2.49. The lowest BCUT2D eigenvalue weighted by Gasteiger charge is -2.15. The number of nitro benzene ring substituents is 1. The second-order valence-corrected chi connectivity index (χ2v) is 7.57. The van der Waals surface area contributed by atoms with E-state index in [-0.39, 0.29) is 23.3 Å². The molecule has 0 aliphatic carbocycles. The number of nitrogens with zero attached hydrogens (tertiary/aromatic N) is 1. The van der Waals surface area contributed by atoms with E-state index < -0.39 is 16.7 Å². The van der Waals surface area contributed by atoms with Gasteiger partial charge in [-0.3, -0.25) is 35.9 Å². The first kappa shape index (κ1) is 24.5. The minimum atomic E-state index is -0.569. The fourth-order valence-electron chi connectivity index (χ4n) is 2.65. The van der Waals surface area contributed by atoms with E-state index >= 15 is 0 Å². The first-order valence-corrected chi connectivity index (χ1v) is 10.1. The number of hydrogen-bond donors (Lipinski definition) is 3. The van der Waals surface area contributed by atoms with Gasteiger partial charge in [-0.15, -0.1) is 0 Å². The summed E-state index contributed by atoms with van der Waals surface area (Å²) in [6, 6.07) is 11.6. The Morgan fingerprint density at radius 2 is 1.94 bits per heavy atom. The molecule has 0 spiro atoms. The van der Waals surface area contributed by atoms with Gasteiger partial charge in [0, 0.05) is 18.2 Å². The number of aryl methyl sites for hydroxylation is 1. The van der Waals surface area contributed by atoms with Crippen LogP contribution in [0.15, 0.2) is 48.5 Å². The fraction of sp³-hybridized carbons (Fsp3) is 0.227. The number of thiocarbonyl (C=S) groups is 1. The van der Waals surface area contributed by atoms with Crippen molar-refractivity contribution >= 4 is 40.9 Å². The molecular weight excluding hydrogens is 432 g/mol. The zero-order chi connectivity index (χ0) is 23.7. The average molecular weight is 457 g/mol. The van der Waals surface area contributed by atoms with Gasteiger partial charge in [0.15, 0.2) is 11.7 Å². The van der Waals surface area contributed by atoms with Crippen molar-refractivity contribution in [3.05, 3.63) is 75.3 Å². The number of nitro groups is 1. The molecule has 0 saturated heterocycles. The normalized spacial score (nSPS) is 10.6. The quantitative estimate of drug-likeness (QED) is 0.253. The first-order valence-electron chi connectivity index (χ1n) is 9.71. The zero-order valence-corrected chi connectivity index (χ0v) is 18.7. The van der Waals surface area contributed by atoms with Crippen LogP contribution in [0.5, 0.6) is 5.75 Å². The molecule has 0 fully saturated rings. The van der Waals surface area contributed by atoms with Gasteiger partial charge in [0.1, 0.15) is 5.75 Å². The van der Waals surface area contributed by atoms with Crippen molar-refractivity contribution in [3.63, 3.8) is 0 Å². The van der Waals surface area contributed by atoms with Crippen LogP contribution < -0.4 is 20.9 Å². The number of nitrogens with one attached hydrogen (secondary N) is 3. The topological polar surface area (TPSA) is 123 Å². The summed E-state index contributed by atoms with van der Waals surface area (Å²) in [4.78, 5) is 34.2. The number of carbonyl (C=O) groups excluding carboxylic acids is 2. The highest BCUT2D eigenvalue weighted by atomic mass is 32.1. The molecule has 2 amide bonds. The molecule has 0 saturated carbocycles. The van der Waals surface area contributed by atoms with Gasteiger partial charge in [0.25, 0.3) is 11.6 Å². The van der Waals surface area contributed by atoms with Gasteiger partial charge < -0.3 is 4.74 Å². The van der Waals surface area contributed by atoms with Crippen molar-refractivity contribution in [2.45, 2.75) is 26.7 Å². The van der Waals surface area contributed by atoms with Crippen LogP contribution in [-0.4, -0.2) is 28.5 Å². The molecule has 10 heteroatoms. The molecule has 0 bridgehead atoms. The molecule has 0 radical (unpaired) electrons. The van der Waals surface area contributed by atoms with Crippen LogP contribution in [0.25, 0.3) is 6.08 Å². The second kappa shape index (κ2) is 11.6. The number of non-ortho nitro benzene ring substituents is 1. The molecule has 32 heavy (non-hydrogen) atoms. The maximum atomic E-state index is 12.0. The van der Waals surface area contributed by atoms with Gasteiger partial charge in [0.05, 0.1) is 4.92 Å². The van der Waals surface area contributed by atoms with E-state index in [1.807, 2.05) is 39.0 Å². The van der Waals surface area contributed by atoms with E-state index in [4.69, 9.17) is 17.0 Å². The summed E-state index contributed by atoms with van der Waals surface area (Å²) in [7, 11) is 0. The Kier molecular flexibility index (Phi) is 8.84. The van der Waals surface area contributed by atoms with Crippen molar-refractivity contribution < 1.29 is 19.2 Å². The molecule has 0 aliphatic rings. The second-order valence-electron chi connectivity index (χ2n) is 7.16. The fourth-order valence-corrected chi connectivity index (χ4v) is 2.80. The number of amides is 2. The molecule has 0 unspecified atom stereocenters. The third kappa shape index (κ3) is 7.80. The van der Waals surface area contributed by atoms with E-state index in [1.165, 1.54) is 30.4 Å². The van der Waals surface area contributed by atoms with Gasteiger partial charge in [-0.05, 0) is 53.9 Å². The minimum absolute atomic E-state index is 0.0825. The highest BCUT2D eigenvalue weighted by molar-refractivity contribution is 7.80. The number of rotatable bonds is 7. The van der Waals surface area contributed by atoms with Gasteiger partial charge in [-0.25, -0.2) is 0 Å². The third-order valence-corrected chi connectivity index (χ3v) is 4.41. The Bertz CT molecular complexity index is 1050. The van der Waals surface area contributed by atoms with Crippen LogP contribution in [0.3, 0.4) is 0 Å². The Balaban J connectivity index is 1.79. The van der Waals surface area contributed by atoms with E-state index in [1.54, 1.807) is 6.07 Å². The number of hydrazine groups is 1. The van der Waals surface area contributed by atoms with Crippen LogP contribution in [0.2, 0.25) is 0 Å². The monoisotopic (exact) mass is 456 g/mol. The van der Waals surface area contributed by atoms with Crippen LogP contribution in [0.1, 0.15) is 36.5 Å². The number of ether oxygens (including phenoxy) is 1. The van der Waals surface area contributed by atoms with Crippen molar-refractivity contribution in [2.75, 3.05) is 6.61 Å². The average Bonchev–Trinajstić information content (AvgIpc) is 2.74. The van der Waals surface area contributed by atoms with E-state index in [9.17, 15) is 19.7 Å². The highest BCUT2D eigenvalue weighted by Gasteiger charge is 2.11. The highest BCUT2D eigenvalue weighted by Crippen LogP contribution is 2.27. The van der Waals surface area contributed by atoms with Crippen molar-refractivity contribution in [1.82, 2.24) is 16.2 Å². The van der Waals surface area contributed by atoms with E-state index in [0.29, 0.717) is 11.3 Å². The zero-order valence-electron chi connectivity index (χ0n) is 17.9. The molecule has 9 nitrogen and oxygen atoms in total. The predicted molar refractivity (Wildman–Crippen MR) is 125 cm³/mol. The van der Waals surface area contributed by atoms with Crippen LogP contribution in [-0.2, 0) is 9.59 Å². The standard InChI is InChI=1S/C22H24N4O5S/c1-14(2)18-9-7-15(3)11-19(18)31-13-21(28)24-25-22(32)23-20(27)10-8-16-5-4-6-17(12-16)26(29)30/h4-12,14H,13H2,1-3H3,(H,24,28)(H2,23,25,27,32)/b10-8+. The molecule has 168 valence electrons. The van der Waals surface area contributed by atoms with Gasteiger partial charge in [-0.2, -0.15) is 0 Å². The summed E-state index contributed by atoms with van der Waals surface area (Å²) >= 11 is 4.96. The lowest BCUT2D eigenvalue weighted by atomic mass is 10.0.